The van der Waals surface area contributed by atoms with Crippen LogP contribution in [0.3, 0.4) is 0 Å². The topological polar surface area (TPSA) is 55.8 Å². The van der Waals surface area contributed by atoms with Crippen molar-refractivity contribution in [1.29, 1.82) is 0 Å². The van der Waals surface area contributed by atoms with E-state index in [2.05, 4.69) is 0 Å². The predicted octanol–water partition coefficient (Wildman–Crippen LogP) is 4.80. The Balaban J connectivity index is 1.16. The van der Waals surface area contributed by atoms with E-state index in [1.165, 1.54) is 44.2 Å². The first-order valence-electron chi connectivity index (χ1n) is 10.3. The molecule has 4 aliphatic carbocycles. The summed E-state index contributed by atoms with van der Waals surface area (Å²) in [5, 5.41) is 9.35. The van der Waals surface area contributed by atoms with Gasteiger partial charge in [0.1, 0.15) is 11.5 Å². The highest BCUT2D eigenvalue weighted by atomic mass is 16.7. The summed E-state index contributed by atoms with van der Waals surface area (Å²) in [4.78, 5) is 12.5. The van der Waals surface area contributed by atoms with Gasteiger partial charge in [-0.1, -0.05) is 0 Å². The lowest BCUT2D eigenvalue weighted by Gasteiger charge is -2.53. The Kier molecular flexibility index (Phi) is 4.59. The molecule has 2 aromatic carbocycles. The van der Waals surface area contributed by atoms with Gasteiger partial charge in [-0.2, -0.15) is 0 Å². The number of hydrogen-bond donors (Lipinski definition) is 1. The standard InChI is InChI=1S/C24H26O4/c25-21-5-1-17(2-6-21)23(26)18-3-7-22(8-4-18)27-14-28-24-19-10-15-9-16(12-19)13-20(24)11-15/h1-8,15-16,19-20,24-25H,9-14H2. The molecule has 4 saturated carbocycles. The fourth-order valence-corrected chi connectivity index (χ4v) is 5.81. The van der Waals surface area contributed by atoms with E-state index in [1.807, 2.05) is 12.1 Å². The maximum absolute atomic E-state index is 12.5. The molecule has 0 unspecified atom stereocenters. The first-order chi connectivity index (χ1) is 13.7. The lowest BCUT2D eigenvalue weighted by Crippen LogP contribution is -2.49. The molecule has 28 heavy (non-hydrogen) atoms. The molecule has 0 heterocycles. The van der Waals surface area contributed by atoms with Crippen LogP contribution in [0.1, 0.15) is 48.0 Å². The molecule has 4 aliphatic rings. The number of carbonyl (C=O) groups is 1. The van der Waals surface area contributed by atoms with E-state index < -0.39 is 0 Å². The SMILES string of the molecule is O=C(c1ccc(O)cc1)c1ccc(OCOC2C3CC4CC(C3)CC2C4)cc1. The molecule has 0 aromatic heterocycles. The smallest absolute Gasteiger partial charge is 0.193 e. The molecule has 4 heteroatoms. The molecular weight excluding hydrogens is 352 g/mol. The van der Waals surface area contributed by atoms with Crippen molar-refractivity contribution in [3.63, 3.8) is 0 Å². The van der Waals surface area contributed by atoms with Crippen molar-refractivity contribution in [2.75, 3.05) is 6.79 Å². The number of benzene rings is 2. The zero-order valence-corrected chi connectivity index (χ0v) is 15.9. The first-order valence-corrected chi connectivity index (χ1v) is 10.3. The summed E-state index contributed by atoms with van der Waals surface area (Å²) < 4.78 is 12.0. The van der Waals surface area contributed by atoms with Crippen LogP contribution in [0.25, 0.3) is 0 Å². The zero-order chi connectivity index (χ0) is 19.1. The molecular formula is C24H26O4. The summed E-state index contributed by atoms with van der Waals surface area (Å²) in [7, 11) is 0. The Morgan fingerprint density at radius 3 is 1.93 bits per heavy atom. The molecule has 0 saturated heterocycles. The Morgan fingerprint density at radius 2 is 1.36 bits per heavy atom. The number of rotatable bonds is 6. The van der Waals surface area contributed by atoms with Crippen LogP contribution < -0.4 is 4.74 Å². The Morgan fingerprint density at radius 1 is 0.821 bits per heavy atom. The molecule has 0 atom stereocenters. The van der Waals surface area contributed by atoms with E-state index in [1.54, 1.807) is 24.3 Å². The van der Waals surface area contributed by atoms with Crippen molar-refractivity contribution in [3.05, 3.63) is 59.7 Å². The highest BCUT2D eigenvalue weighted by molar-refractivity contribution is 6.09. The number of hydrogen-bond acceptors (Lipinski definition) is 4. The molecule has 4 fully saturated rings. The normalized spacial score (nSPS) is 30.4. The first kappa shape index (κ1) is 17.7. The van der Waals surface area contributed by atoms with E-state index in [9.17, 15) is 9.90 Å². The van der Waals surface area contributed by atoms with E-state index in [0.29, 0.717) is 23.0 Å². The lowest BCUT2D eigenvalue weighted by molar-refractivity contribution is -0.155. The predicted molar refractivity (Wildman–Crippen MR) is 105 cm³/mol. The molecule has 146 valence electrons. The fourth-order valence-electron chi connectivity index (χ4n) is 5.81. The maximum Gasteiger partial charge on any atom is 0.193 e. The van der Waals surface area contributed by atoms with E-state index >= 15 is 0 Å². The quantitative estimate of drug-likeness (QED) is 0.579. The average Bonchev–Trinajstić information content (AvgIpc) is 2.70. The van der Waals surface area contributed by atoms with Gasteiger partial charge in [0, 0.05) is 11.1 Å². The minimum absolute atomic E-state index is 0.0728. The van der Waals surface area contributed by atoms with Crippen LogP contribution in [0.15, 0.2) is 48.5 Å². The van der Waals surface area contributed by atoms with Crippen molar-refractivity contribution < 1.29 is 19.4 Å². The molecule has 0 amide bonds. The molecule has 0 aliphatic heterocycles. The fraction of sp³-hybridized carbons (Fsp3) is 0.458. The number of aromatic hydroxyl groups is 1. The van der Waals surface area contributed by atoms with Crippen molar-refractivity contribution in [2.24, 2.45) is 23.7 Å². The van der Waals surface area contributed by atoms with E-state index in [4.69, 9.17) is 9.47 Å². The van der Waals surface area contributed by atoms with Crippen molar-refractivity contribution in [2.45, 2.75) is 38.2 Å². The van der Waals surface area contributed by atoms with Gasteiger partial charge in [0.05, 0.1) is 6.10 Å². The monoisotopic (exact) mass is 378 g/mol. The average molecular weight is 378 g/mol. The molecule has 0 radical (unpaired) electrons. The van der Waals surface area contributed by atoms with Crippen LogP contribution >= 0.6 is 0 Å². The minimum Gasteiger partial charge on any atom is -0.508 e. The van der Waals surface area contributed by atoms with Crippen LogP contribution in [0.2, 0.25) is 0 Å². The van der Waals surface area contributed by atoms with Gasteiger partial charge in [0.25, 0.3) is 0 Å². The van der Waals surface area contributed by atoms with Gasteiger partial charge < -0.3 is 14.6 Å². The van der Waals surface area contributed by atoms with Gasteiger partial charge in [-0.05, 0) is 104 Å². The summed E-state index contributed by atoms with van der Waals surface area (Å²) >= 11 is 0. The Bertz CT molecular complexity index is 812. The lowest BCUT2D eigenvalue weighted by atomic mass is 9.55. The van der Waals surface area contributed by atoms with Crippen molar-refractivity contribution >= 4 is 5.78 Å². The summed E-state index contributed by atoms with van der Waals surface area (Å²) in [6, 6.07) is 13.5. The van der Waals surface area contributed by atoms with Crippen molar-refractivity contribution in [3.8, 4) is 11.5 Å². The molecule has 4 nitrogen and oxygen atoms in total. The van der Waals surface area contributed by atoms with Gasteiger partial charge in [-0.25, -0.2) is 0 Å². The second-order valence-corrected chi connectivity index (χ2v) is 8.72. The van der Waals surface area contributed by atoms with Crippen LogP contribution in [0.5, 0.6) is 11.5 Å². The molecule has 4 bridgehead atoms. The number of ketones is 1. The number of phenolic OH excluding ortho intramolecular Hbond substituents is 1. The Labute approximate surface area is 165 Å². The zero-order valence-electron chi connectivity index (χ0n) is 15.9. The summed E-state index contributed by atoms with van der Waals surface area (Å²) in [6.45, 7) is 0.276. The maximum atomic E-state index is 12.5. The third-order valence-corrected chi connectivity index (χ3v) is 6.87. The Hall–Kier alpha value is -2.33. The van der Waals surface area contributed by atoms with Gasteiger partial charge in [0.2, 0.25) is 0 Å². The van der Waals surface area contributed by atoms with Crippen LogP contribution in [0.4, 0.5) is 0 Å². The third kappa shape index (κ3) is 3.42. The summed E-state index contributed by atoms with van der Waals surface area (Å²) in [5.41, 5.74) is 1.15. The van der Waals surface area contributed by atoms with Gasteiger partial charge in [-0.3, -0.25) is 4.79 Å². The molecule has 0 spiro atoms. The van der Waals surface area contributed by atoms with Gasteiger partial charge in [0.15, 0.2) is 12.6 Å². The van der Waals surface area contributed by atoms with Crippen molar-refractivity contribution in [1.82, 2.24) is 0 Å². The van der Waals surface area contributed by atoms with E-state index in [-0.39, 0.29) is 18.3 Å². The third-order valence-electron chi connectivity index (χ3n) is 6.87. The van der Waals surface area contributed by atoms with Crippen LogP contribution in [-0.4, -0.2) is 23.8 Å². The minimum atomic E-state index is -0.0728. The number of phenols is 1. The van der Waals surface area contributed by atoms with Gasteiger partial charge >= 0.3 is 0 Å². The van der Waals surface area contributed by atoms with Gasteiger partial charge in [-0.15, -0.1) is 0 Å². The molecule has 1 N–H and O–H groups in total. The second kappa shape index (κ2) is 7.25. The highest BCUT2D eigenvalue weighted by Crippen LogP contribution is 2.54. The van der Waals surface area contributed by atoms with Crippen LogP contribution in [-0.2, 0) is 4.74 Å². The summed E-state index contributed by atoms with van der Waals surface area (Å²) in [6.07, 6.45) is 7.17. The molecule has 2 aromatic rings. The number of ether oxygens (including phenoxy) is 2. The second-order valence-electron chi connectivity index (χ2n) is 8.72. The molecule has 6 rings (SSSR count). The van der Waals surface area contributed by atoms with E-state index in [0.717, 1.165) is 23.7 Å². The highest BCUT2D eigenvalue weighted by Gasteiger charge is 2.48. The number of carbonyl (C=O) groups excluding carboxylic acids is 1. The van der Waals surface area contributed by atoms with Crippen LogP contribution in [0, 0.1) is 23.7 Å². The largest absolute Gasteiger partial charge is 0.508 e. The summed E-state index contributed by atoms with van der Waals surface area (Å²) in [5.74, 6) is 4.14.